The molecule has 0 aliphatic heterocycles. The van der Waals surface area contributed by atoms with Crippen molar-refractivity contribution in [3.8, 4) is 0 Å². The summed E-state index contributed by atoms with van der Waals surface area (Å²) in [6, 6.07) is 11.4. The lowest BCUT2D eigenvalue weighted by molar-refractivity contribution is 0.499. The van der Waals surface area contributed by atoms with Crippen LogP contribution in [0.2, 0.25) is 0 Å². The van der Waals surface area contributed by atoms with Crippen LogP contribution >= 0.6 is 11.3 Å². The predicted molar refractivity (Wildman–Crippen MR) is 70.7 cm³/mol. The van der Waals surface area contributed by atoms with Gasteiger partial charge in [-0.2, -0.15) is 0 Å². The zero-order valence-electron chi connectivity index (χ0n) is 9.98. The highest BCUT2D eigenvalue weighted by Crippen LogP contribution is 2.22. The fourth-order valence-corrected chi connectivity index (χ4v) is 2.59. The van der Waals surface area contributed by atoms with Gasteiger partial charge in [-0.25, -0.2) is 4.39 Å². The number of halogens is 1. The van der Waals surface area contributed by atoms with E-state index in [4.69, 9.17) is 0 Å². The molecule has 1 aromatic carbocycles. The molecule has 0 bridgehead atoms. The van der Waals surface area contributed by atoms with Gasteiger partial charge >= 0.3 is 0 Å². The standard InChI is InChI=1S/C14H16FNS/c1-10(12-5-7-13(15)8-6-12)16-11(2)14-4-3-9-17-14/h3-11,16H,1-2H3/t10?,11-/m0/s1. The number of rotatable bonds is 4. The van der Waals surface area contributed by atoms with E-state index in [0.29, 0.717) is 6.04 Å². The molecular formula is C14H16FNS. The van der Waals surface area contributed by atoms with Crippen LogP contribution in [0.5, 0.6) is 0 Å². The molecule has 3 heteroatoms. The first kappa shape index (κ1) is 12.3. The van der Waals surface area contributed by atoms with Gasteiger partial charge in [-0.15, -0.1) is 11.3 Å². The van der Waals surface area contributed by atoms with Gasteiger partial charge < -0.3 is 5.32 Å². The first-order valence-electron chi connectivity index (χ1n) is 5.71. The minimum Gasteiger partial charge on any atom is -0.303 e. The van der Waals surface area contributed by atoms with Crippen LogP contribution in [0.25, 0.3) is 0 Å². The van der Waals surface area contributed by atoms with Gasteiger partial charge in [-0.05, 0) is 43.0 Å². The van der Waals surface area contributed by atoms with Crippen molar-refractivity contribution in [3.05, 3.63) is 58.0 Å². The molecule has 2 atom stereocenters. The largest absolute Gasteiger partial charge is 0.303 e. The van der Waals surface area contributed by atoms with Crippen LogP contribution in [-0.2, 0) is 0 Å². The Balaban J connectivity index is 2.01. The van der Waals surface area contributed by atoms with Crippen molar-refractivity contribution < 1.29 is 4.39 Å². The van der Waals surface area contributed by atoms with E-state index in [1.807, 2.05) is 12.1 Å². The second-order valence-electron chi connectivity index (χ2n) is 4.18. The van der Waals surface area contributed by atoms with Crippen LogP contribution in [0.3, 0.4) is 0 Å². The van der Waals surface area contributed by atoms with Crippen molar-refractivity contribution >= 4 is 11.3 Å². The Morgan fingerprint density at radius 2 is 1.76 bits per heavy atom. The van der Waals surface area contributed by atoms with Crippen molar-refractivity contribution in [2.24, 2.45) is 0 Å². The van der Waals surface area contributed by atoms with Gasteiger partial charge in [-0.3, -0.25) is 0 Å². The van der Waals surface area contributed by atoms with Crippen LogP contribution in [0, 0.1) is 5.82 Å². The smallest absolute Gasteiger partial charge is 0.123 e. The van der Waals surface area contributed by atoms with E-state index in [0.717, 1.165) is 5.56 Å². The molecule has 90 valence electrons. The molecule has 0 aliphatic carbocycles. The summed E-state index contributed by atoms with van der Waals surface area (Å²) in [5.74, 6) is -0.188. The highest BCUT2D eigenvalue weighted by molar-refractivity contribution is 7.10. The van der Waals surface area contributed by atoms with E-state index in [9.17, 15) is 4.39 Å². The van der Waals surface area contributed by atoms with E-state index in [1.54, 1.807) is 11.3 Å². The monoisotopic (exact) mass is 249 g/mol. The fraction of sp³-hybridized carbons (Fsp3) is 0.286. The van der Waals surface area contributed by atoms with Crippen LogP contribution in [0.15, 0.2) is 41.8 Å². The first-order chi connectivity index (χ1) is 8.16. The molecule has 2 aromatic rings. The van der Waals surface area contributed by atoms with Crippen molar-refractivity contribution in [3.63, 3.8) is 0 Å². The Kier molecular flexibility index (Phi) is 3.92. The summed E-state index contributed by atoms with van der Waals surface area (Å²) in [6.07, 6.45) is 0. The van der Waals surface area contributed by atoms with E-state index >= 15 is 0 Å². The highest BCUT2D eigenvalue weighted by Gasteiger charge is 2.11. The predicted octanol–water partition coefficient (Wildman–Crippen LogP) is 4.30. The van der Waals surface area contributed by atoms with Gasteiger partial charge in [0.1, 0.15) is 5.82 Å². The van der Waals surface area contributed by atoms with Crippen LogP contribution in [-0.4, -0.2) is 0 Å². The lowest BCUT2D eigenvalue weighted by Crippen LogP contribution is -2.21. The molecule has 1 aromatic heterocycles. The summed E-state index contributed by atoms with van der Waals surface area (Å²) in [4.78, 5) is 1.32. The Morgan fingerprint density at radius 1 is 1.06 bits per heavy atom. The summed E-state index contributed by atoms with van der Waals surface area (Å²) < 4.78 is 12.8. The zero-order valence-corrected chi connectivity index (χ0v) is 10.8. The maximum absolute atomic E-state index is 12.8. The molecule has 0 amide bonds. The number of hydrogen-bond donors (Lipinski definition) is 1. The van der Waals surface area contributed by atoms with Crippen molar-refractivity contribution in [1.29, 1.82) is 0 Å². The molecule has 0 spiro atoms. The lowest BCUT2D eigenvalue weighted by atomic mass is 10.1. The fourth-order valence-electron chi connectivity index (χ4n) is 1.84. The number of benzene rings is 1. The third kappa shape index (κ3) is 3.14. The van der Waals surface area contributed by atoms with Crippen LogP contribution in [0.4, 0.5) is 4.39 Å². The normalized spacial score (nSPS) is 14.5. The summed E-state index contributed by atoms with van der Waals surface area (Å²) >= 11 is 1.75. The SMILES string of the molecule is CC(N[C@@H](C)c1cccs1)c1ccc(F)cc1. The molecular weight excluding hydrogens is 233 g/mol. The van der Waals surface area contributed by atoms with Crippen LogP contribution in [0.1, 0.15) is 36.4 Å². The Hall–Kier alpha value is -1.19. The highest BCUT2D eigenvalue weighted by atomic mass is 32.1. The zero-order chi connectivity index (χ0) is 12.3. The molecule has 1 heterocycles. The maximum Gasteiger partial charge on any atom is 0.123 e. The van der Waals surface area contributed by atoms with Gasteiger partial charge in [0.25, 0.3) is 0 Å². The summed E-state index contributed by atoms with van der Waals surface area (Å²) in [6.45, 7) is 4.24. The molecule has 2 rings (SSSR count). The topological polar surface area (TPSA) is 12.0 Å². The lowest BCUT2D eigenvalue weighted by Gasteiger charge is -2.19. The van der Waals surface area contributed by atoms with E-state index < -0.39 is 0 Å². The van der Waals surface area contributed by atoms with Gasteiger partial charge in [0.15, 0.2) is 0 Å². The second kappa shape index (κ2) is 5.43. The minimum absolute atomic E-state index is 0.188. The van der Waals surface area contributed by atoms with Gasteiger partial charge in [0.05, 0.1) is 0 Å². The third-order valence-corrected chi connectivity index (χ3v) is 3.89. The first-order valence-corrected chi connectivity index (χ1v) is 6.59. The van der Waals surface area contributed by atoms with Crippen LogP contribution < -0.4 is 5.32 Å². The molecule has 1 unspecified atom stereocenters. The van der Waals surface area contributed by atoms with Crippen molar-refractivity contribution in [1.82, 2.24) is 5.32 Å². The summed E-state index contributed by atoms with van der Waals surface area (Å²) in [5, 5.41) is 5.59. The van der Waals surface area contributed by atoms with Gasteiger partial charge in [0.2, 0.25) is 0 Å². The Morgan fingerprint density at radius 3 is 2.35 bits per heavy atom. The summed E-state index contributed by atoms with van der Waals surface area (Å²) in [7, 11) is 0. The number of thiophene rings is 1. The van der Waals surface area contributed by atoms with E-state index in [1.165, 1.54) is 17.0 Å². The average molecular weight is 249 g/mol. The molecule has 0 fully saturated rings. The molecule has 1 N–H and O–H groups in total. The third-order valence-electron chi connectivity index (χ3n) is 2.84. The van der Waals surface area contributed by atoms with Crippen molar-refractivity contribution in [2.75, 3.05) is 0 Å². The Bertz CT molecular complexity index is 450. The number of hydrogen-bond acceptors (Lipinski definition) is 2. The van der Waals surface area contributed by atoms with E-state index in [2.05, 4.69) is 36.7 Å². The molecule has 0 radical (unpaired) electrons. The van der Waals surface area contributed by atoms with Gasteiger partial charge in [0, 0.05) is 17.0 Å². The number of nitrogens with one attached hydrogen (secondary N) is 1. The summed E-state index contributed by atoms with van der Waals surface area (Å²) in [5.41, 5.74) is 1.11. The molecule has 0 saturated carbocycles. The van der Waals surface area contributed by atoms with Crippen molar-refractivity contribution in [2.45, 2.75) is 25.9 Å². The van der Waals surface area contributed by atoms with E-state index in [-0.39, 0.29) is 11.9 Å². The average Bonchev–Trinajstić information content (AvgIpc) is 2.83. The Labute approximate surface area is 105 Å². The minimum atomic E-state index is -0.188. The maximum atomic E-state index is 12.8. The second-order valence-corrected chi connectivity index (χ2v) is 5.16. The molecule has 1 nitrogen and oxygen atoms in total. The van der Waals surface area contributed by atoms with Gasteiger partial charge in [-0.1, -0.05) is 18.2 Å². The molecule has 17 heavy (non-hydrogen) atoms. The molecule has 0 saturated heterocycles. The quantitative estimate of drug-likeness (QED) is 0.852. The molecule has 0 aliphatic rings.